The number of fused-ring (bicyclic) bond motifs is 3. The van der Waals surface area contributed by atoms with Gasteiger partial charge in [0.25, 0.3) is 0 Å². The van der Waals surface area contributed by atoms with Crippen LogP contribution in [0.3, 0.4) is 0 Å². The quantitative estimate of drug-likeness (QED) is 0.876. The third kappa shape index (κ3) is 1.76. The molecule has 0 fully saturated rings. The predicted octanol–water partition coefficient (Wildman–Crippen LogP) is 4.05. The van der Waals surface area contributed by atoms with Crippen molar-refractivity contribution in [3.8, 4) is 0 Å². The molecule has 2 aromatic rings. The predicted molar refractivity (Wildman–Crippen MR) is 84.9 cm³/mol. The van der Waals surface area contributed by atoms with Crippen LogP contribution in [0.1, 0.15) is 39.2 Å². The van der Waals surface area contributed by atoms with E-state index in [0.29, 0.717) is 11.1 Å². The maximum atomic E-state index is 11.6. The van der Waals surface area contributed by atoms with E-state index in [4.69, 9.17) is 11.6 Å². The Bertz CT molecular complexity index is 737. The molecule has 1 aliphatic heterocycles. The highest BCUT2D eigenvalue weighted by Gasteiger charge is 2.41. The minimum Gasteiger partial charge on any atom is -0.381 e. The van der Waals surface area contributed by atoms with E-state index in [9.17, 15) is 4.79 Å². The van der Waals surface area contributed by atoms with Gasteiger partial charge in [-0.05, 0) is 31.0 Å². The minimum atomic E-state index is -0.154. The first-order valence-electron chi connectivity index (χ1n) is 7.10. The van der Waals surface area contributed by atoms with Crippen molar-refractivity contribution in [2.75, 3.05) is 5.32 Å². The van der Waals surface area contributed by atoms with Crippen molar-refractivity contribution in [2.45, 2.75) is 45.1 Å². The molecule has 3 nitrogen and oxygen atoms in total. The standard InChI is InChI=1S/C16H19ClN2O/c1-4-7-16(3)9(2)18-12-6-5-11-14(15(12)16)10(17)8-13(20)19-11/h5-6,8-9,18H,4,7H2,1-3H3,(H,19,20). The molecule has 3 rings (SSSR count). The van der Waals surface area contributed by atoms with Gasteiger partial charge in [0.2, 0.25) is 5.56 Å². The van der Waals surface area contributed by atoms with Crippen LogP contribution in [0.5, 0.6) is 0 Å². The minimum absolute atomic E-state index is 0.0332. The maximum Gasteiger partial charge on any atom is 0.249 e. The average Bonchev–Trinajstić information content (AvgIpc) is 2.62. The largest absolute Gasteiger partial charge is 0.381 e. The van der Waals surface area contributed by atoms with Gasteiger partial charge in [-0.1, -0.05) is 31.9 Å². The Morgan fingerprint density at radius 3 is 2.85 bits per heavy atom. The molecule has 1 aromatic carbocycles. The molecular formula is C16H19ClN2O. The number of anilines is 1. The van der Waals surface area contributed by atoms with Gasteiger partial charge in [0.15, 0.2) is 0 Å². The van der Waals surface area contributed by atoms with E-state index >= 15 is 0 Å². The lowest BCUT2D eigenvalue weighted by Gasteiger charge is -2.30. The molecule has 0 saturated carbocycles. The average molecular weight is 291 g/mol. The number of aromatic amines is 1. The Morgan fingerprint density at radius 2 is 2.15 bits per heavy atom. The molecule has 0 spiro atoms. The van der Waals surface area contributed by atoms with E-state index < -0.39 is 0 Å². The zero-order valence-electron chi connectivity index (χ0n) is 12.0. The highest BCUT2D eigenvalue weighted by Crippen LogP contribution is 2.48. The number of pyridine rings is 1. The zero-order valence-corrected chi connectivity index (χ0v) is 12.8. The van der Waals surface area contributed by atoms with E-state index in [1.165, 1.54) is 11.6 Å². The third-order valence-electron chi connectivity index (χ3n) is 4.63. The second-order valence-electron chi connectivity index (χ2n) is 5.93. The first-order chi connectivity index (χ1) is 9.47. The molecule has 2 N–H and O–H groups in total. The van der Waals surface area contributed by atoms with Crippen LogP contribution >= 0.6 is 11.6 Å². The topological polar surface area (TPSA) is 44.9 Å². The Kier molecular flexibility index (Phi) is 3.05. The summed E-state index contributed by atoms with van der Waals surface area (Å²) >= 11 is 6.37. The first kappa shape index (κ1) is 13.5. The lowest BCUT2D eigenvalue weighted by molar-refractivity contribution is 0.404. The molecule has 106 valence electrons. The molecule has 4 heteroatoms. The van der Waals surface area contributed by atoms with Crippen LogP contribution in [0.4, 0.5) is 5.69 Å². The van der Waals surface area contributed by atoms with E-state index in [0.717, 1.165) is 29.4 Å². The molecule has 0 saturated heterocycles. The van der Waals surface area contributed by atoms with Crippen molar-refractivity contribution >= 4 is 28.2 Å². The van der Waals surface area contributed by atoms with Gasteiger partial charge in [-0.15, -0.1) is 0 Å². The van der Waals surface area contributed by atoms with E-state index in [2.05, 4.69) is 31.1 Å². The molecular weight excluding hydrogens is 272 g/mol. The SMILES string of the molecule is CCCC1(C)c2c(ccc3[nH]c(=O)cc(Cl)c23)NC1C. The van der Waals surface area contributed by atoms with Gasteiger partial charge < -0.3 is 10.3 Å². The highest BCUT2D eigenvalue weighted by atomic mass is 35.5. The second-order valence-corrected chi connectivity index (χ2v) is 6.33. The van der Waals surface area contributed by atoms with Gasteiger partial charge in [-0.2, -0.15) is 0 Å². The van der Waals surface area contributed by atoms with Crippen LogP contribution < -0.4 is 10.9 Å². The molecule has 0 bridgehead atoms. The molecule has 0 aliphatic carbocycles. The van der Waals surface area contributed by atoms with Crippen molar-refractivity contribution < 1.29 is 0 Å². The molecule has 0 radical (unpaired) electrons. The molecule has 2 unspecified atom stereocenters. The van der Waals surface area contributed by atoms with Crippen LogP contribution in [0.2, 0.25) is 5.02 Å². The number of hydrogen-bond donors (Lipinski definition) is 2. The number of H-pyrrole nitrogens is 1. The Morgan fingerprint density at radius 1 is 1.40 bits per heavy atom. The molecule has 1 aromatic heterocycles. The number of rotatable bonds is 2. The van der Waals surface area contributed by atoms with Crippen LogP contribution in [-0.4, -0.2) is 11.0 Å². The van der Waals surface area contributed by atoms with Gasteiger partial charge in [0.1, 0.15) is 0 Å². The fourth-order valence-electron chi connectivity index (χ4n) is 3.49. The van der Waals surface area contributed by atoms with Crippen molar-refractivity contribution in [1.29, 1.82) is 0 Å². The second kappa shape index (κ2) is 4.52. The van der Waals surface area contributed by atoms with Crippen LogP contribution in [0, 0.1) is 0 Å². The van der Waals surface area contributed by atoms with Gasteiger partial charge >= 0.3 is 0 Å². The summed E-state index contributed by atoms with van der Waals surface area (Å²) < 4.78 is 0. The van der Waals surface area contributed by atoms with Crippen LogP contribution in [0.25, 0.3) is 10.9 Å². The Labute approximate surface area is 123 Å². The number of nitrogens with one attached hydrogen (secondary N) is 2. The monoisotopic (exact) mass is 290 g/mol. The highest BCUT2D eigenvalue weighted by molar-refractivity contribution is 6.35. The number of benzene rings is 1. The molecule has 2 atom stereocenters. The lowest BCUT2D eigenvalue weighted by atomic mass is 9.74. The fourth-order valence-corrected chi connectivity index (χ4v) is 3.79. The van der Waals surface area contributed by atoms with Crippen molar-refractivity contribution in [1.82, 2.24) is 4.98 Å². The summed E-state index contributed by atoms with van der Waals surface area (Å²) in [6, 6.07) is 5.80. The summed E-state index contributed by atoms with van der Waals surface area (Å²) in [7, 11) is 0. The van der Waals surface area contributed by atoms with Crippen molar-refractivity contribution in [2.24, 2.45) is 0 Å². The van der Waals surface area contributed by atoms with Crippen LogP contribution in [0.15, 0.2) is 23.0 Å². The summed E-state index contributed by atoms with van der Waals surface area (Å²) in [5, 5.41) is 5.08. The first-order valence-corrected chi connectivity index (χ1v) is 7.47. The molecule has 2 heterocycles. The smallest absolute Gasteiger partial charge is 0.249 e. The normalized spacial score (nSPS) is 24.7. The molecule has 20 heavy (non-hydrogen) atoms. The number of hydrogen-bond acceptors (Lipinski definition) is 2. The van der Waals surface area contributed by atoms with E-state index in [-0.39, 0.29) is 11.0 Å². The van der Waals surface area contributed by atoms with Crippen LogP contribution in [-0.2, 0) is 5.41 Å². The summed E-state index contributed by atoms with van der Waals surface area (Å²) in [5.41, 5.74) is 3.07. The summed E-state index contributed by atoms with van der Waals surface area (Å²) in [6.07, 6.45) is 2.20. The van der Waals surface area contributed by atoms with Crippen molar-refractivity contribution in [3.63, 3.8) is 0 Å². The number of halogens is 1. The number of aromatic nitrogens is 1. The lowest BCUT2D eigenvalue weighted by Crippen LogP contribution is -2.33. The summed E-state index contributed by atoms with van der Waals surface area (Å²) in [4.78, 5) is 14.5. The molecule has 0 amide bonds. The van der Waals surface area contributed by atoms with Gasteiger partial charge in [0, 0.05) is 28.6 Å². The van der Waals surface area contributed by atoms with E-state index in [1.807, 2.05) is 12.1 Å². The van der Waals surface area contributed by atoms with Gasteiger partial charge in [-0.25, -0.2) is 0 Å². The summed E-state index contributed by atoms with van der Waals surface area (Å²) in [5.74, 6) is 0. The van der Waals surface area contributed by atoms with Crippen molar-refractivity contribution in [3.05, 3.63) is 39.1 Å². The van der Waals surface area contributed by atoms with Gasteiger partial charge in [-0.3, -0.25) is 4.79 Å². The fraction of sp³-hybridized carbons (Fsp3) is 0.438. The third-order valence-corrected chi connectivity index (χ3v) is 4.93. The van der Waals surface area contributed by atoms with E-state index in [1.54, 1.807) is 0 Å². The molecule has 1 aliphatic rings. The maximum absolute atomic E-state index is 11.6. The Balaban J connectivity index is 2.39. The summed E-state index contributed by atoms with van der Waals surface area (Å²) in [6.45, 7) is 6.69. The Hall–Kier alpha value is -1.48. The van der Waals surface area contributed by atoms with Gasteiger partial charge in [0.05, 0.1) is 10.5 Å². The zero-order chi connectivity index (χ0) is 14.5.